The number of hydrogen-bond donors (Lipinski definition) is 0. The number of aromatic nitrogens is 1. The van der Waals surface area contributed by atoms with Crippen LogP contribution in [0.1, 0.15) is 11.3 Å². The van der Waals surface area contributed by atoms with Crippen LogP contribution in [0, 0.1) is 6.92 Å². The number of hydrogen-bond acceptors (Lipinski definition) is 2. The van der Waals surface area contributed by atoms with Crippen LogP contribution in [-0.4, -0.2) is 29.0 Å². The van der Waals surface area contributed by atoms with E-state index in [1.807, 2.05) is 35.8 Å². The van der Waals surface area contributed by atoms with Crippen molar-refractivity contribution in [2.24, 2.45) is 0 Å². The zero-order chi connectivity index (χ0) is 18.7. The van der Waals surface area contributed by atoms with Gasteiger partial charge in [0.1, 0.15) is 12.3 Å². The third-order valence-electron chi connectivity index (χ3n) is 4.31. The fraction of sp³-hybridized carbons (Fsp3) is 0.250. The number of aryl methyl sites for hydroxylation is 1. The van der Waals surface area contributed by atoms with Crippen molar-refractivity contribution in [1.29, 1.82) is 0 Å². The molecule has 0 fully saturated rings. The molecule has 3 rings (SSSR count). The monoisotopic (exact) mass is 358 g/mol. The number of para-hydroxylation sites is 1. The Kier molecular flexibility index (Phi) is 5.21. The summed E-state index contributed by atoms with van der Waals surface area (Å²) in [6, 6.07) is 16.3. The van der Waals surface area contributed by atoms with Crippen LogP contribution in [0.5, 0.6) is 5.75 Å². The molecule has 0 bridgehead atoms. The van der Waals surface area contributed by atoms with Crippen LogP contribution in [0.3, 0.4) is 0 Å². The molecule has 136 valence electrons. The van der Waals surface area contributed by atoms with Crippen molar-refractivity contribution in [2.75, 3.05) is 7.05 Å². The molecule has 0 unspecified atom stereocenters. The lowest BCUT2D eigenvalue weighted by molar-refractivity contribution is -0.131. The molecule has 0 aliphatic carbocycles. The first-order valence-electron chi connectivity index (χ1n) is 8.26. The van der Waals surface area contributed by atoms with Crippen LogP contribution < -0.4 is 4.74 Å². The highest BCUT2D eigenvalue weighted by Crippen LogP contribution is 2.20. The molecule has 0 atom stereocenters. The number of fused-ring (bicyclic) bond motifs is 1. The standard InChI is InChI=1S/C20H20F2N2O2/c1-14-11-16-5-3-4-6-18(16)24(14)13-19(25)23(2)12-15-7-9-17(10-8-15)26-20(21)22/h3-11,20H,12-13H2,1-2H3. The second-order valence-corrected chi connectivity index (χ2v) is 6.20. The molecule has 0 aliphatic rings. The molecule has 0 radical (unpaired) electrons. The molecule has 3 aromatic rings. The van der Waals surface area contributed by atoms with Crippen LogP contribution in [0.25, 0.3) is 10.9 Å². The molecule has 0 aliphatic heterocycles. The van der Waals surface area contributed by atoms with Gasteiger partial charge in [-0.2, -0.15) is 8.78 Å². The Morgan fingerprint density at radius 2 is 1.85 bits per heavy atom. The zero-order valence-corrected chi connectivity index (χ0v) is 14.7. The van der Waals surface area contributed by atoms with Gasteiger partial charge in [0.15, 0.2) is 0 Å². The minimum Gasteiger partial charge on any atom is -0.435 e. The zero-order valence-electron chi connectivity index (χ0n) is 14.7. The van der Waals surface area contributed by atoms with Gasteiger partial charge in [-0.05, 0) is 42.1 Å². The van der Waals surface area contributed by atoms with E-state index < -0.39 is 6.61 Å². The summed E-state index contributed by atoms with van der Waals surface area (Å²) in [6.45, 7) is -0.214. The topological polar surface area (TPSA) is 34.5 Å². The lowest BCUT2D eigenvalue weighted by Gasteiger charge is -2.19. The van der Waals surface area contributed by atoms with Gasteiger partial charge < -0.3 is 14.2 Å². The van der Waals surface area contributed by atoms with E-state index in [1.165, 1.54) is 12.1 Å². The first-order chi connectivity index (χ1) is 12.4. The summed E-state index contributed by atoms with van der Waals surface area (Å²) < 4.78 is 30.7. The van der Waals surface area contributed by atoms with Crippen LogP contribution in [0.2, 0.25) is 0 Å². The molecule has 26 heavy (non-hydrogen) atoms. The van der Waals surface area contributed by atoms with Crippen molar-refractivity contribution in [3.8, 4) is 5.75 Å². The molecular formula is C20H20F2N2O2. The third-order valence-corrected chi connectivity index (χ3v) is 4.31. The fourth-order valence-electron chi connectivity index (χ4n) is 2.95. The Labute approximate surface area is 150 Å². The summed E-state index contributed by atoms with van der Waals surface area (Å²) in [4.78, 5) is 14.2. The van der Waals surface area contributed by atoms with Crippen LogP contribution in [-0.2, 0) is 17.9 Å². The van der Waals surface area contributed by atoms with E-state index in [1.54, 1.807) is 24.1 Å². The van der Waals surface area contributed by atoms with E-state index in [0.29, 0.717) is 6.54 Å². The first kappa shape index (κ1) is 17.9. The summed E-state index contributed by atoms with van der Waals surface area (Å²) in [7, 11) is 1.73. The smallest absolute Gasteiger partial charge is 0.387 e. The highest BCUT2D eigenvalue weighted by Gasteiger charge is 2.14. The maximum atomic E-state index is 12.6. The van der Waals surface area contributed by atoms with Gasteiger partial charge in [-0.25, -0.2) is 0 Å². The number of ether oxygens (including phenoxy) is 1. The number of likely N-dealkylation sites (N-methyl/N-ethyl adjacent to an activating group) is 1. The molecular weight excluding hydrogens is 338 g/mol. The van der Waals surface area contributed by atoms with E-state index >= 15 is 0 Å². The molecule has 1 aromatic heterocycles. The normalized spacial score (nSPS) is 11.1. The van der Waals surface area contributed by atoms with Crippen LogP contribution in [0.15, 0.2) is 54.6 Å². The van der Waals surface area contributed by atoms with E-state index in [2.05, 4.69) is 10.8 Å². The summed E-state index contributed by atoms with van der Waals surface area (Å²) >= 11 is 0. The lowest BCUT2D eigenvalue weighted by Crippen LogP contribution is -2.30. The van der Waals surface area contributed by atoms with Crippen LogP contribution >= 0.6 is 0 Å². The Balaban J connectivity index is 1.67. The number of carbonyl (C=O) groups excluding carboxylic acids is 1. The summed E-state index contributed by atoms with van der Waals surface area (Å²) in [5.74, 6) is 0.0783. The molecule has 4 nitrogen and oxygen atoms in total. The summed E-state index contributed by atoms with van der Waals surface area (Å²) in [5, 5.41) is 1.11. The van der Waals surface area contributed by atoms with Gasteiger partial charge >= 0.3 is 6.61 Å². The molecule has 1 heterocycles. The van der Waals surface area contributed by atoms with E-state index in [4.69, 9.17) is 0 Å². The first-order valence-corrected chi connectivity index (χ1v) is 8.26. The van der Waals surface area contributed by atoms with Crippen molar-refractivity contribution in [3.05, 3.63) is 65.9 Å². The molecule has 0 spiro atoms. The molecule has 0 saturated heterocycles. The number of halogens is 2. The van der Waals surface area contributed by atoms with E-state index in [9.17, 15) is 13.6 Å². The Morgan fingerprint density at radius 3 is 2.54 bits per heavy atom. The largest absolute Gasteiger partial charge is 0.435 e. The predicted octanol–water partition coefficient (Wildman–Crippen LogP) is 4.21. The van der Waals surface area contributed by atoms with Gasteiger partial charge in [-0.1, -0.05) is 30.3 Å². The van der Waals surface area contributed by atoms with Gasteiger partial charge in [-0.3, -0.25) is 4.79 Å². The Hall–Kier alpha value is -2.89. The van der Waals surface area contributed by atoms with Crippen molar-refractivity contribution in [1.82, 2.24) is 9.47 Å². The molecule has 1 amide bonds. The van der Waals surface area contributed by atoms with E-state index in [-0.39, 0.29) is 18.2 Å². The minimum absolute atomic E-state index is 0.0256. The Bertz CT molecular complexity index is 904. The number of benzene rings is 2. The van der Waals surface area contributed by atoms with E-state index in [0.717, 1.165) is 22.2 Å². The SMILES string of the molecule is Cc1cc2ccccc2n1CC(=O)N(C)Cc1ccc(OC(F)F)cc1. The fourth-order valence-corrected chi connectivity index (χ4v) is 2.95. The average molecular weight is 358 g/mol. The number of carbonyl (C=O) groups is 1. The number of nitrogens with zero attached hydrogens (tertiary/aromatic N) is 2. The highest BCUT2D eigenvalue weighted by molar-refractivity contribution is 5.84. The quantitative estimate of drug-likeness (QED) is 0.662. The summed E-state index contributed by atoms with van der Waals surface area (Å²) in [5.41, 5.74) is 2.90. The van der Waals surface area contributed by atoms with Crippen molar-refractivity contribution >= 4 is 16.8 Å². The number of rotatable bonds is 6. The third kappa shape index (κ3) is 4.02. The van der Waals surface area contributed by atoms with Gasteiger partial charge in [0, 0.05) is 24.8 Å². The second-order valence-electron chi connectivity index (χ2n) is 6.20. The maximum Gasteiger partial charge on any atom is 0.387 e. The molecule has 0 N–H and O–H groups in total. The van der Waals surface area contributed by atoms with Gasteiger partial charge in [-0.15, -0.1) is 0 Å². The number of amides is 1. The van der Waals surface area contributed by atoms with Crippen LogP contribution in [0.4, 0.5) is 8.78 Å². The van der Waals surface area contributed by atoms with Crippen molar-refractivity contribution in [2.45, 2.75) is 26.6 Å². The molecule has 2 aromatic carbocycles. The Morgan fingerprint density at radius 1 is 1.15 bits per heavy atom. The van der Waals surface area contributed by atoms with Gasteiger partial charge in [0.05, 0.1) is 0 Å². The predicted molar refractivity (Wildman–Crippen MR) is 96.2 cm³/mol. The molecule has 0 saturated carbocycles. The average Bonchev–Trinajstić information content (AvgIpc) is 2.92. The lowest BCUT2D eigenvalue weighted by atomic mass is 10.2. The van der Waals surface area contributed by atoms with Gasteiger partial charge in [0.2, 0.25) is 5.91 Å². The minimum atomic E-state index is -2.84. The van der Waals surface area contributed by atoms with Gasteiger partial charge in [0.25, 0.3) is 0 Å². The van der Waals surface area contributed by atoms with Crippen molar-refractivity contribution < 1.29 is 18.3 Å². The summed E-state index contributed by atoms with van der Waals surface area (Å²) in [6.07, 6.45) is 0. The van der Waals surface area contributed by atoms with Crippen molar-refractivity contribution in [3.63, 3.8) is 0 Å². The second kappa shape index (κ2) is 7.56. The number of alkyl halides is 2. The maximum absolute atomic E-state index is 12.6. The highest BCUT2D eigenvalue weighted by atomic mass is 19.3. The molecule has 6 heteroatoms.